The van der Waals surface area contributed by atoms with Crippen LogP contribution in [0, 0.1) is 29.5 Å². The molecule has 1 saturated carbocycles. The SMILES string of the molecule is CCCC1CCC(CCc2ccc(-c3cc(F)c(F)nc3F)cc2)CC1. The predicted molar refractivity (Wildman–Crippen MR) is 98.2 cm³/mol. The molecule has 1 aromatic carbocycles. The second-order valence-corrected chi connectivity index (χ2v) is 7.51. The van der Waals surface area contributed by atoms with Crippen molar-refractivity contribution in [2.45, 2.75) is 58.3 Å². The van der Waals surface area contributed by atoms with Gasteiger partial charge in [0, 0.05) is 5.56 Å². The summed E-state index contributed by atoms with van der Waals surface area (Å²) < 4.78 is 40.1. The molecule has 4 heteroatoms. The molecule has 0 aliphatic heterocycles. The number of aryl methyl sites for hydroxylation is 1. The first-order valence-corrected chi connectivity index (χ1v) is 9.67. The minimum atomic E-state index is -1.41. The van der Waals surface area contributed by atoms with Gasteiger partial charge in [0.1, 0.15) is 0 Å². The monoisotopic (exact) mass is 361 g/mol. The van der Waals surface area contributed by atoms with E-state index in [0.29, 0.717) is 5.56 Å². The second kappa shape index (κ2) is 8.70. The van der Waals surface area contributed by atoms with Crippen LogP contribution in [0.25, 0.3) is 11.1 Å². The number of hydrogen-bond donors (Lipinski definition) is 0. The quantitative estimate of drug-likeness (QED) is 0.521. The van der Waals surface area contributed by atoms with E-state index in [1.54, 1.807) is 12.1 Å². The number of pyridine rings is 1. The Labute approximate surface area is 153 Å². The molecule has 0 saturated heterocycles. The molecule has 2 aromatic rings. The maximum atomic E-state index is 13.8. The van der Waals surface area contributed by atoms with Crippen LogP contribution in [0.5, 0.6) is 0 Å². The largest absolute Gasteiger partial charge is 0.251 e. The molecule has 0 atom stereocenters. The fraction of sp³-hybridized carbons (Fsp3) is 0.500. The number of halogens is 3. The average Bonchev–Trinajstić information content (AvgIpc) is 2.65. The van der Waals surface area contributed by atoms with E-state index in [9.17, 15) is 13.2 Å². The predicted octanol–water partition coefficient (Wildman–Crippen LogP) is 6.71. The Morgan fingerprint density at radius 1 is 0.885 bits per heavy atom. The third-order valence-corrected chi connectivity index (χ3v) is 5.66. The van der Waals surface area contributed by atoms with E-state index in [4.69, 9.17) is 0 Å². The Kier molecular flexibility index (Phi) is 6.33. The topological polar surface area (TPSA) is 12.9 Å². The van der Waals surface area contributed by atoms with Crippen molar-refractivity contribution >= 4 is 0 Å². The Morgan fingerprint density at radius 3 is 2.12 bits per heavy atom. The Hall–Kier alpha value is -1.84. The number of benzene rings is 1. The van der Waals surface area contributed by atoms with Gasteiger partial charge in [-0.1, -0.05) is 69.7 Å². The maximum absolute atomic E-state index is 13.8. The Morgan fingerprint density at radius 2 is 1.50 bits per heavy atom. The molecule has 1 aromatic heterocycles. The van der Waals surface area contributed by atoms with Crippen molar-refractivity contribution in [3.05, 3.63) is 53.6 Å². The molecule has 1 nitrogen and oxygen atoms in total. The Balaban J connectivity index is 1.56. The van der Waals surface area contributed by atoms with Crippen molar-refractivity contribution in [3.63, 3.8) is 0 Å². The molecule has 1 heterocycles. The van der Waals surface area contributed by atoms with E-state index < -0.39 is 17.7 Å². The molecular formula is C22H26F3N. The molecule has 1 aliphatic rings. The molecule has 26 heavy (non-hydrogen) atoms. The zero-order valence-electron chi connectivity index (χ0n) is 15.3. The summed E-state index contributed by atoms with van der Waals surface area (Å²) in [5.74, 6) is -1.80. The van der Waals surface area contributed by atoms with Crippen molar-refractivity contribution < 1.29 is 13.2 Å². The molecule has 1 aliphatic carbocycles. The highest BCUT2D eigenvalue weighted by Gasteiger charge is 2.20. The van der Waals surface area contributed by atoms with E-state index in [2.05, 4.69) is 11.9 Å². The van der Waals surface area contributed by atoms with Gasteiger partial charge in [-0.3, -0.25) is 0 Å². The number of nitrogens with zero attached hydrogens (tertiary/aromatic N) is 1. The van der Waals surface area contributed by atoms with Crippen LogP contribution >= 0.6 is 0 Å². The lowest BCUT2D eigenvalue weighted by Gasteiger charge is -2.28. The fourth-order valence-corrected chi connectivity index (χ4v) is 4.09. The Bertz CT molecular complexity index is 719. The third kappa shape index (κ3) is 4.66. The minimum Gasteiger partial charge on any atom is -0.202 e. The number of hydrogen-bond acceptors (Lipinski definition) is 1. The summed E-state index contributed by atoms with van der Waals surface area (Å²) in [6.45, 7) is 2.26. The molecule has 0 N–H and O–H groups in total. The summed E-state index contributed by atoms with van der Waals surface area (Å²) in [4.78, 5) is 2.98. The van der Waals surface area contributed by atoms with Gasteiger partial charge in [-0.25, -0.2) is 4.39 Å². The summed E-state index contributed by atoms with van der Waals surface area (Å²) in [6, 6.07) is 8.26. The zero-order valence-corrected chi connectivity index (χ0v) is 15.3. The van der Waals surface area contributed by atoms with Crippen molar-refractivity contribution in [3.8, 4) is 11.1 Å². The lowest BCUT2D eigenvalue weighted by Crippen LogP contribution is -2.15. The second-order valence-electron chi connectivity index (χ2n) is 7.51. The van der Waals surface area contributed by atoms with Crippen LogP contribution < -0.4 is 0 Å². The zero-order chi connectivity index (χ0) is 18.5. The average molecular weight is 361 g/mol. The van der Waals surface area contributed by atoms with Crippen molar-refractivity contribution in [1.29, 1.82) is 0 Å². The first-order valence-electron chi connectivity index (χ1n) is 9.67. The van der Waals surface area contributed by atoms with Crippen LogP contribution in [0.2, 0.25) is 0 Å². The van der Waals surface area contributed by atoms with Gasteiger partial charge in [0.05, 0.1) is 0 Å². The normalized spacial score (nSPS) is 20.3. The van der Waals surface area contributed by atoms with Crippen LogP contribution in [-0.4, -0.2) is 4.98 Å². The van der Waals surface area contributed by atoms with Gasteiger partial charge in [0.25, 0.3) is 5.95 Å². The molecule has 0 amide bonds. The van der Waals surface area contributed by atoms with Gasteiger partial charge < -0.3 is 0 Å². The van der Waals surface area contributed by atoms with E-state index in [1.807, 2.05) is 12.1 Å². The van der Waals surface area contributed by atoms with Crippen LogP contribution in [0.15, 0.2) is 30.3 Å². The smallest absolute Gasteiger partial charge is 0.202 e. The maximum Gasteiger partial charge on any atom is 0.251 e. The molecular weight excluding hydrogens is 335 g/mol. The van der Waals surface area contributed by atoms with Gasteiger partial charge in [-0.2, -0.15) is 13.8 Å². The summed E-state index contributed by atoms with van der Waals surface area (Å²) in [5.41, 5.74) is 1.70. The molecule has 140 valence electrons. The van der Waals surface area contributed by atoms with E-state index in [-0.39, 0.29) is 5.56 Å². The highest BCUT2D eigenvalue weighted by atomic mass is 19.2. The van der Waals surface area contributed by atoms with Gasteiger partial charge >= 0.3 is 0 Å². The van der Waals surface area contributed by atoms with Crippen LogP contribution in [0.3, 0.4) is 0 Å². The van der Waals surface area contributed by atoms with Crippen molar-refractivity contribution in [2.75, 3.05) is 0 Å². The first kappa shape index (κ1) is 18.9. The lowest BCUT2D eigenvalue weighted by molar-refractivity contribution is 0.252. The van der Waals surface area contributed by atoms with E-state index in [1.165, 1.54) is 50.5 Å². The summed E-state index contributed by atoms with van der Waals surface area (Å²) in [5, 5.41) is 0. The van der Waals surface area contributed by atoms with E-state index >= 15 is 0 Å². The van der Waals surface area contributed by atoms with Crippen molar-refractivity contribution in [2.24, 2.45) is 11.8 Å². The standard InChI is InChI=1S/C22H26F3N/c1-2-3-15-4-6-16(7-5-15)8-9-17-10-12-18(13-11-17)19-14-20(23)22(25)26-21(19)24/h10-16H,2-9H2,1H3. The molecule has 3 rings (SSSR count). The molecule has 0 unspecified atom stereocenters. The number of rotatable bonds is 6. The summed E-state index contributed by atoms with van der Waals surface area (Å²) in [6.07, 6.45) is 10.2. The van der Waals surface area contributed by atoms with Crippen LogP contribution in [-0.2, 0) is 6.42 Å². The first-order chi connectivity index (χ1) is 12.6. The molecule has 0 bridgehead atoms. The minimum absolute atomic E-state index is 0.00954. The number of aromatic nitrogens is 1. The summed E-state index contributed by atoms with van der Waals surface area (Å²) in [7, 11) is 0. The fourth-order valence-electron chi connectivity index (χ4n) is 4.09. The molecule has 1 fully saturated rings. The van der Waals surface area contributed by atoms with Crippen LogP contribution in [0.4, 0.5) is 13.2 Å². The highest BCUT2D eigenvalue weighted by Crippen LogP contribution is 2.34. The lowest BCUT2D eigenvalue weighted by atomic mass is 9.78. The summed E-state index contributed by atoms with van der Waals surface area (Å²) >= 11 is 0. The van der Waals surface area contributed by atoms with Gasteiger partial charge in [0.15, 0.2) is 5.82 Å². The van der Waals surface area contributed by atoms with E-state index in [0.717, 1.165) is 24.3 Å². The van der Waals surface area contributed by atoms with Gasteiger partial charge in [-0.15, -0.1) is 0 Å². The van der Waals surface area contributed by atoms with Crippen LogP contribution in [0.1, 0.15) is 57.4 Å². The van der Waals surface area contributed by atoms with Gasteiger partial charge in [0.2, 0.25) is 5.95 Å². The van der Waals surface area contributed by atoms with Crippen molar-refractivity contribution in [1.82, 2.24) is 4.98 Å². The molecule has 0 spiro atoms. The highest BCUT2D eigenvalue weighted by molar-refractivity contribution is 5.63. The third-order valence-electron chi connectivity index (χ3n) is 5.66. The van der Waals surface area contributed by atoms with Gasteiger partial charge in [-0.05, 0) is 41.9 Å². The molecule has 0 radical (unpaired) electrons.